The number of thiazole rings is 1. The summed E-state index contributed by atoms with van der Waals surface area (Å²) in [6.07, 6.45) is -0.909. The van der Waals surface area contributed by atoms with Crippen molar-refractivity contribution in [3.63, 3.8) is 0 Å². The van der Waals surface area contributed by atoms with Crippen molar-refractivity contribution in [2.45, 2.75) is 46.2 Å². The number of nitrogens with zero attached hydrogens (tertiary/aromatic N) is 2. The molecule has 0 aliphatic heterocycles. The molecule has 1 rings (SSSR count). The smallest absolute Gasteiger partial charge is 0.408 e. The zero-order chi connectivity index (χ0) is 12.5. The van der Waals surface area contributed by atoms with Gasteiger partial charge in [-0.25, -0.2) is 9.78 Å². The van der Waals surface area contributed by atoms with Crippen LogP contribution in [-0.2, 0) is 0 Å². The molecule has 1 heterocycles. The molecule has 0 fully saturated rings. The molecule has 0 aliphatic rings. The summed E-state index contributed by atoms with van der Waals surface area (Å²) in [5.41, 5.74) is 0.510. The van der Waals surface area contributed by atoms with Crippen molar-refractivity contribution in [1.29, 1.82) is 0 Å². The second-order valence-corrected chi connectivity index (χ2v) is 5.72. The third-order valence-electron chi connectivity index (χ3n) is 2.31. The van der Waals surface area contributed by atoms with E-state index in [1.54, 1.807) is 0 Å². The average Bonchev–Trinajstić information content (AvgIpc) is 2.48. The number of hydrogen-bond acceptors (Lipinski definition) is 3. The first-order valence-corrected chi connectivity index (χ1v) is 6.05. The van der Waals surface area contributed by atoms with E-state index in [0.717, 1.165) is 10.7 Å². The van der Waals surface area contributed by atoms with Gasteiger partial charge in [-0.3, -0.25) is 4.90 Å². The van der Waals surface area contributed by atoms with E-state index in [4.69, 9.17) is 0 Å². The quantitative estimate of drug-likeness (QED) is 0.865. The summed E-state index contributed by atoms with van der Waals surface area (Å²) in [7, 11) is 0. The summed E-state index contributed by atoms with van der Waals surface area (Å²) in [4.78, 5) is 17.0. The van der Waals surface area contributed by atoms with Crippen LogP contribution in [0.4, 0.5) is 4.79 Å². The first-order chi connectivity index (χ1) is 7.23. The first-order valence-electron chi connectivity index (χ1n) is 5.17. The highest BCUT2D eigenvalue weighted by Crippen LogP contribution is 2.29. The fourth-order valence-corrected chi connectivity index (χ4v) is 2.55. The topological polar surface area (TPSA) is 53.4 Å². The summed E-state index contributed by atoms with van der Waals surface area (Å²) in [6, 6.07) is -0.212. The monoisotopic (exact) mass is 242 g/mol. The zero-order valence-electron chi connectivity index (χ0n) is 10.3. The summed E-state index contributed by atoms with van der Waals surface area (Å²) in [5, 5.41) is 12.0. The van der Waals surface area contributed by atoms with Crippen molar-refractivity contribution in [3.8, 4) is 0 Å². The molecule has 90 valence electrons. The molecule has 0 spiro atoms. The van der Waals surface area contributed by atoms with Crippen LogP contribution in [0.3, 0.4) is 0 Å². The zero-order valence-corrected chi connectivity index (χ0v) is 11.1. The van der Waals surface area contributed by atoms with Gasteiger partial charge in [0.05, 0.1) is 6.04 Å². The van der Waals surface area contributed by atoms with Crippen LogP contribution in [0, 0.1) is 6.92 Å². The van der Waals surface area contributed by atoms with Crippen LogP contribution >= 0.6 is 11.3 Å². The van der Waals surface area contributed by atoms with Crippen LogP contribution in [0.5, 0.6) is 0 Å². The molecule has 4 nitrogen and oxygen atoms in total. The lowest BCUT2D eigenvalue weighted by Gasteiger charge is -2.37. The summed E-state index contributed by atoms with van der Waals surface area (Å²) in [5.74, 6) is 0. The van der Waals surface area contributed by atoms with Crippen molar-refractivity contribution < 1.29 is 9.90 Å². The lowest BCUT2D eigenvalue weighted by atomic mass is 10.0. The van der Waals surface area contributed by atoms with Gasteiger partial charge in [0.15, 0.2) is 0 Å². The number of aryl methyl sites for hydroxylation is 1. The van der Waals surface area contributed by atoms with Crippen LogP contribution in [0.15, 0.2) is 5.38 Å². The van der Waals surface area contributed by atoms with Gasteiger partial charge in [-0.2, -0.15) is 0 Å². The number of aromatic nitrogens is 1. The van der Waals surface area contributed by atoms with Gasteiger partial charge in [0.1, 0.15) is 5.01 Å². The Morgan fingerprint density at radius 2 is 2.12 bits per heavy atom. The fraction of sp³-hybridized carbons (Fsp3) is 0.636. The Morgan fingerprint density at radius 1 is 1.56 bits per heavy atom. The molecule has 1 aromatic rings. The molecule has 0 unspecified atom stereocenters. The maximum atomic E-state index is 11.3. The van der Waals surface area contributed by atoms with Gasteiger partial charge in [-0.15, -0.1) is 11.3 Å². The molecule has 1 amide bonds. The summed E-state index contributed by atoms with van der Waals surface area (Å²) < 4.78 is 0. The molecular formula is C11H18N2O2S. The predicted molar refractivity (Wildman–Crippen MR) is 64.9 cm³/mol. The molecule has 0 saturated heterocycles. The highest BCUT2D eigenvalue weighted by atomic mass is 32.1. The fourth-order valence-electron chi connectivity index (χ4n) is 1.71. The van der Waals surface area contributed by atoms with E-state index in [9.17, 15) is 9.90 Å². The minimum atomic E-state index is -0.909. The summed E-state index contributed by atoms with van der Waals surface area (Å²) >= 11 is 1.50. The van der Waals surface area contributed by atoms with Gasteiger partial charge in [-0.05, 0) is 34.6 Å². The lowest BCUT2D eigenvalue weighted by Crippen LogP contribution is -2.46. The number of carbonyl (C=O) groups is 1. The minimum absolute atomic E-state index is 0.212. The van der Waals surface area contributed by atoms with E-state index in [-0.39, 0.29) is 6.04 Å². The number of hydrogen-bond donors (Lipinski definition) is 1. The number of carboxylic acid groups (broad SMARTS) is 1. The maximum absolute atomic E-state index is 11.3. The van der Waals surface area contributed by atoms with Gasteiger partial charge in [0, 0.05) is 16.6 Å². The molecule has 1 atom stereocenters. The highest BCUT2D eigenvalue weighted by Gasteiger charge is 2.32. The Balaban J connectivity index is 3.01. The molecular weight excluding hydrogens is 224 g/mol. The van der Waals surface area contributed by atoms with Crippen molar-refractivity contribution in [2.24, 2.45) is 0 Å². The SMILES string of the molecule is Cc1csc([C@@H](C)N(C(=O)O)C(C)(C)C)n1. The van der Waals surface area contributed by atoms with Gasteiger partial charge in [0.2, 0.25) is 0 Å². The van der Waals surface area contributed by atoms with Gasteiger partial charge >= 0.3 is 6.09 Å². The van der Waals surface area contributed by atoms with Crippen LogP contribution in [-0.4, -0.2) is 26.6 Å². The Kier molecular flexibility index (Phi) is 3.57. The Bertz CT molecular complexity index is 382. The van der Waals surface area contributed by atoms with E-state index in [1.807, 2.05) is 40.0 Å². The van der Waals surface area contributed by atoms with Crippen molar-refractivity contribution in [2.75, 3.05) is 0 Å². The Morgan fingerprint density at radius 3 is 2.44 bits per heavy atom. The standard InChI is InChI=1S/C11H18N2O2S/c1-7-6-16-9(12-7)8(2)13(10(14)15)11(3,4)5/h6,8H,1-5H3,(H,14,15)/t8-/m1/s1. The maximum Gasteiger partial charge on any atom is 0.408 e. The van der Waals surface area contributed by atoms with E-state index >= 15 is 0 Å². The second kappa shape index (κ2) is 4.41. The normalized spacial score (nSPS) is 13.6. The third kappa shape index (κ3) is 2.72. The van der Waals surface area contributed by atoms with Gasteiger partial charge < -0.3 is 5.11 Å². The number of rotatable bonds is 2. The highest BCUT2D eigenvalue weighted by molar-refractivity contribution is 7.09. The Hall–Kier alpha value is -1.10. The van der Waals surface area contributed by atoms with Crippen molar-refractivity contribution in [3.05, 3.63) is 16.1 Å². The molecule has 5 heteroatoms. The largest absolute Gasteiger partial charge is 0.465 e. The van der Waals surface area contributed by atoms with E-state index in [1.165, 1.54) is 16.2 Å². The third-order valence-corrected chi connectivity index (χ3v) is 3.44. The van der Waals surface area contributed by atoms with Gasteiger partial charge in [-0.1, -0.05) is 0 Å². The average molecular weight is 242 g/mol. The Labute approximate surface area is 99.9 Å². The minimum Gasteiger partial charge on any atom is -0.465 e. The number of amides is 1. The lowest BCUT2D eigenvalue weighted by molar-refractivity contribution is 0.0752. The molecule has 16 heavy (non-hydrogen) atoms. The van der Waals surface area contributed by atoms with Gasteiger partial charge in [0.25, 0.3) is 0 Å². The van der Waals surface area contributed by atoms with E-state index in [2.05, 4.69) is 4.98 Å². The predicted octanol–water partition coefficient (Wildman–Crippen LogP) is 3.29. The van der Waals surface area contributed by atoms with E-state index < -0.39 is 11.6 Å². The molecule has 0 radical (unpaired) electrons. The molecule has 0 bridgehead atoms. The van der Waals surface area contributed by atoms with Crippen LogP contribution in [0.25, 0.3) is 0 Å². The first kappa shape index (κ1) is 13.0. The summed E-state index contributed by atoms with van der Waals surface area (Å²) in [6.45, 7) is 9.45. The molecule has 0 aliphatic carbocycles. The molecule has 1 N–H and O–H groups in total. The van der Waals surface area contributed by atoms with E-state index in [0.29, 0.717) is 0 Å². The second-order valence-electron chi connectivity index (χ2n) is 4.83. The van der Waals surface area contributed by atoms with Crippen LogP contribution in [0.1, 0.15) is 44.4 Å². The molecule has 0 aromatic carbocycles. The van der Waals surface area contributed by atoms with Crippen LogP contribution in [0.2, 0.25) is 0 Å². The van der Waals surface area contributed by atoms with Crippen molar-refractivity contribution >= 4 is 17.4 Å². The van der Waals surface area contributed by atoms with Crippen LogP contribution < -0.4 is 0 Å². The molecule has 0 saturated carbocycles. The molecule has 1 aromatic heterocycles. The van der Waals surface area contributed by atoms with Crippen molar-refractivity contribution in [1.82, 2.24) is 9.88 Å².